The predicted molar refractivity (Wildman–Crippen MR) is 85.0 cm³/mol. The van der Waals surface area contributed by atoms with E-state index in [0.29, 0.717) is 23.4 Å². The number of aliphatic carboxylic acids is 1. The van der Waals surface area contributed by atoms with E-state index in [4.69, 9.17) is 16.7 Å². The van der Waals surface area contributed by atoms with Gasteiger partial charge in [0.05, 0.1) is 10.9 Å². The van der Waals surface area contributed by atoms with Gasteiger partial charge in [0.25, 0.3) is 5.91 Å². The summed E-state index contributed by atoms with van der Waals surface area (Å²) < 4.78 is 0.893. The number of nitrogens with one attached hydrogen (secondary N) is 1. The van der Waals surface area contributed by atoms with Crippen molar-refractivity contribution in [1.29, 1.82) is 0 Å². The molecule has 1 aromatic carbocycles. The fraction of sp³-hybridized carbons (Fsp3) is 0.429. The zero-order chi connectivity index (χ0) is 14.7. The van der Waals surface area contributed by atoms with Gasteiger partial charge in [0.2, 0.25) is 0 Å². The summed E-state index contributed by atoms with van der Waals surface area (Å²) in [5.41, 5.74) is 0.507. The van der Waals surface area contributed by atoms with E-state index in [0.717, 1.165) is 16.4 Å². The van der Waals surface area contributed by atoms with Gasteiger partial charge in [0.1, 0.15) is 0 Å². The maximum absolute atomic E-state index is 12.1. The first-order valence-corrected chi connectivity index (χ1v) is 7.91. The first-order chi connectivity index (χ1) is 9.47. The van der Waals surface area contributed by atoms with Gasteiger partial charge in [0, 0.05) is 15.2 Å². The number of carboxylic acids is 1. The van der Waals surface area contributed by atoms with Gasteiger partial charge in [-0.25, -0.2) is 0 Å². The van der Waals surface area contributed by atoms with Crippen molar-refractivity contribution in [3.8, 4) is 0 Å². The van der Waals surface area contributed by atoms with Gasteiger partial charge in [-0.05, 0) is 60.1 Å². The van der Waals surface area contributed by atoms with Crippen LogP contribution in [0.2, 0.25) is 5.02 Å². The van der Waals surface area contributed by atoms with Crippen molar-refractivity contribution in [3.63, 3.8) is 0 Å². The molecule has 0 radical (unpaired) electrons. The zero-order valence-electron chi connectivity index (χ0n) is 10.7. The maximum Gasteiger partial charge on any atom is 0.306 e. The Balaban J connectivity index is 2.00. The Morgan fingerprint density at radius 2 is 2.10 bits per heavy atom. The van der Waals surface area contributed by atoms with E-state index in [-0.39, 0.29) is 17.9 Å². The number of hydrogen-bond donors (Lipinski definition) is 2. The maximum atomic E-state index is 12.1. The van der Waals surface area contributed by atoms with Crippen LogP contribution in [0, 0.1) is 9.49 Å². The number of benzene rings is 1. The molecule has 0 aromatic heterocycles. The molecule has 0 bridgehead atoms. The number of carbonyl (C=O) groups is 2. The highest BCUT2D eigenvalue weighted by Gasteiger charge is 2.28. The van der Waals surface area contributed by atoms with Crippen LogP contribution in [0.15, 0.2) is 18.2 Å². The molecule has 1 aliphatic rings. The quantitative estimate of drug-likeness (QED) is 0.756. The van der Waals surface area contributed by atoms with Crippen LogP contribution in [0.5, 0.6) is 0 Å². The van der Waals surface area contributed by atoms with E-state index in [1.165, 1.54) is 0 Å². The number of rotatable bonds is 3. The summed E-state index contributed by atoms with van der Waals surface area (Å²) in [6.07, 6.45) is 2.85. The fourth-order valence-electron chi connectivity index (χ4n) is 2.45. The van der Waals surface area contributed by atoms with E-state index in [2.05, 4.69) is 27.9 Å². The Morgan fingerprint density at radius 3 is 2.75 bits per heavy atom. The predicted octanol–water partition coefficient (Wildman–Crippen LogP) is 3.32. The second kappa shape index (κ2) is 6.76. The summed E-state index contributed by atoms with van der Waals surface area (Å²) in [6.45, 7) is 0. The van der Waals surface area contributed by atoms with Crippen molar-refractivity contribution < 1.29 is 14.7 Å². The molecular weight excluding hydrogens is 393 g/mol. The SMILES string of the molecule is O=C(NC1CCCC(C(=O)O)C1)c1ccc(I)c(Cl)c1. The molecule has 0 aliphatic heterocycles. The lowest BCUT2D eigenvalue weighted by atomic mass is 9.85. The molecule has 1 amide bonds. The van der Waals surface area contributed by atoms with Gasteiger partial charge >= 0.3 is 5.97 Å². The largest absolute Gasteiger partial charge is 0.481 e. The third-order valence-electron chi connectivity index (χ3n) is 3.54. The first-order valence-electron chi connectivity index (χ1n) is 6.46. The molecule has 2 rings (SSSR count). The molecule has 4 nitrogen and oxygen atoms in total. The Morgan fingerprint density at radius 1 is 1.35 bits per heavy atom. The average Bonchev–Trinajstić information content (AvgIpc) is 2.42. The lowest BCUT2D eigenvalue weighted by Crippen LogP contribution is -2.39. The van der Waals surface area contributed by atoms with Gasteiger partial charge in [-0.2, -0.15) is 0 Å². The number of carbonyl (C=O) groups excluding carboxylic acids is 1. The highest BCUT2D eigenvalue weighted by Crippen LogP contribution is 2.25. The molecule has 1 aliphatic carbocycles. The number of hydrogen-bond acceptors (Lipinski definition) is 2. The molecule has 2 atom stereocenters. The minimum atomic E-state index is -0.777. The lowest BCUT2D eigenvalue weighted by Gasteiger charge is -2.27. The van der Waals surface area contributed by atoms with Gasteiger partial charge in [-0.15, -0.1) is 0 Å². The Hall–Kier alpha value is -0.820. The summed E-state index contributed by atoms with van der Waals surface area (Å²) in [4.78, 5) is 23.1. The standard InChI is InChI=1S/C14H15ClINO3/c15-11-7-8(4-5-12(11)16)13(18)17-10-3-1-2-9(6-10)14(19)20/h4-5,7,9-10H,1-3,6H2,(H,17,18)(H,19,20). The Kier molecular flexibility index (Phi) is 5.26. The molecule has 0 saturated heterocycles. The highest BCUT2D eigenvalue weighted by atomic mass is 127. The molecule has 108 valence electrons. The summed E-state index contributed by atoms with van der Waals surface area (Å²) in [7, 11) is 0. The van der Waals surface area contributed by atoms with Crippen molar-refractivity contribution in [2.75, 3.05) is 0 Å². The van der Waals surface area contributed by atoms with E-state index < -0.39 is 5.97 Å². The van der Waals surface area contributed by atoms with Crippen LogP contribution in [0.25, 0.3) is 0 Å². The highest BCUT2D eigenvalue weighted by molar-refractivity contribution is 14.1. The fourth-order valence-corrected chi connectivity index (χ4v) is 2.97. The molecule has 2 N–H and O–H groups in total. The van der Waals surface area contributed by atoms with Crippen molar-refractivity contribution in [2.45, 2.75) is 31.7 Å². The molecule has 0 spiro atoms. The summed E-state index contributed by atoms with van der Waals surface area (Å²) >= 11 is 8.10. The van der Waals surface area contributed by atoms with Crippen LogP contribution in [0.3, 0.4) is 0 Å². The molecule has 0 heterocycles. The summed E-state index contributed by atoms with van der Waals surface area (Å²) in [6, 6.07) is 5.07. The lowest BCUT2D eigenvalue weighted by molar-refractivity contribution is -0.143. The third-order valence-corrected chi connectivity index (χ3v) is 5.11. The van der Waals surface area contributed by atoms with Crippen LogP contribution in [0.4, 0.5) is 0 Å². The van der Waals surface area contributed by atoms with Crippen LogP contribution < -0.4 is 5.32 Å². The van der Waals surface area contributed by atoms with Crippen LogP contribution in [0.1, 0.15) is 36.0 Å². The average molecular weight is 408 g/mol. The Bertz CT molecular complexity index is 535. The van der Waals surface area contributed by atoms with Gasteiger partial charge in [-0.1, -0.05) is 18.0 Å². The topological polar surface area (TPSA) is 66.4 Å². The molecule has 1 aromatic rings. The first kappa shape index (κ1) is 15.6. The van der Waals surface area contributed by atoms with Crippen LogP contribution >= 0.6 is 34.2 Å². The van der Waals surface area contributed by atoms with Crippen molar-refractivity contribution >= 4 is 46.1 Å². The van der Waals surface area contributed by atoms with Gasteiger partial charge in [0.15, 0.2) is 0 Å². The second-order valence-electron chi connectivity index (χ2n) is 5.00. The van der Waals surface area contributed by atoms with Crippen LogP contribution in [-0.4, -0.2) is 23.0 Å². The smallest absolute Gasteiger partial charge is 0.306 e. The summed E-state index contributed by atoms with van der Waals surface area (Å²) in [5.74, 6) is -1.32. The van der Waals surface area contributed by atoms with E-state index in [1.54, 1.807) is 18.2 Å². The van der Waals surface area contributed by atoms with Gasteiger partial charge < -0.3 is 10.4 Å². The van der Waals surface area contributed by atoms with Crippen LogP contribution in [-0.2, 0) is 4.79 Å². The molecule has 2 unspecified atom stereocenters. The molecule has 20 heavy (non-hydrogen) atoms. The van der Waals surface area contributed by atoms with E-state index in [9.17, 15) is 9.59 Å². The van der Waals surface area contributed by atoms with E-state index >= 15 is 0 Å². The van der Waals surface area contributed by atoms with Crippen molar-refractivity contribution in [1.82, 2.24) is 5.32 Å². The number of halogens is 2. The number of amides is 1. The van der Waals surface area contributed by atoms with Crippen molar-refractivity contribution in [3.05, 3.63) is 32.4 Å². The molecule has 6 heteroatoms. The zero-order valence-corrected chi connectivity index (χ0v) is 13.6. The van der Waals surface area contributed by atoms with Crippen molar-refractivity contribution in [2.24, 2.45) is 5.92 Å². The monoisotopic (exact) mass is 407 g/mol. The minimum Gasteiger partial charge on any atom is -0.481 e. The second-order valence-corrected chi connectivity index (χ2v) is 6.57. The molecule has 1 saturated carbocycles. The Labute approximate surface area is 136 Å². The summed E-state index contributed by atoms with van der Waals surface area (Å²) in [5, 5.41) is 12.5. The number of carboxylic acid groups (broad SMARTS) is 1. The molecular formula is C14H15ClINO3. The molecule has 1 fully saturated rings. The minimum absolute atomic E-state index is 0.0737. The normalized spacial score (nSPS) is 22.3. The third kappa shape index (κ3) is 3.85. The van der Waals surface area contributed by atoms with E-state index in [1.807, 2.05) is 0 Å². The van der Waals surface area contributed by atoms with Gasteiger partial charge in [-0.3, -0.25) is 9.59 Å².